The number of phosphoric acid groups is 1. The van der Waals surface area contributed by atoms with Crippen LogP contribution in [-0.2, 0) is 18.4 Å². The predicted molar refractivity (Wildman–Crippen MR) is 266 cm³/mol. The topological polar surface area (TPSA) is 108 Å². The van der Waals surface area contributed by atoms with Gasteiger partial charge in [-0.15, -0.1) is 0 Å². The number of hydrogen-bond donors (Lipinski definition) is 2. The Hall–Kier alpha value is -0.760. The number of rotatable bonds is 50. The Morgan fingerprint density at radius 2 is 0.887 bits per heavy atom. The number of amides is 1. The van der Waals surface area contributed by atoms with Crippen molar-refractivity contribution in [3.63, 3.8) is 0 Å². The Morgan fingerprint density at radius 3 is 1.26 bits per heavy atom. The molecule has 0 aromatic rings. The minimum absolute atomic E-state index is 0.0141. The van der Waals surface area contributed by atoms with Crippen LogP contribution in [0.2, 0.25) is 0 Å². The van der Waals surface area contributed by atoms with E-state index in [1.165, 1.54) is 193 Å². The van der Waals surface area contributed by atoms with Gasteiger partial charge in [0.15, 0.2) is 0 Å². The van der Waals surface area contributed by atoms with E-state index in [-0.39, 0.29) is 19.1 Å². The first-order valence-corrected chi connectivity index (χ1v) is 28.5. The van der Waals surface area contributed by atoms with E-state index in [1.54, 1.807) is 0 Å². The zero-order chi connectivity index (χ0) is 45.7. The molecule has 0 saturated carbocycles. The van der Waals surface area contributed by atoms with Crippen LogP contribution in [0.4, 0.5) is 0 Å². The van der Waals surface area contributed by atoms with Gasteiger partial charge in [0.1, 0.15) is 13.2 Å². The fraction of sp³-hybridized carbons (Fsp3) is 0.943. The second kappa shape index (κ2) is 45.4. The van der Waals surface area contributed by atoms with Gasteiger partial charge in [0.05, 0.1) is 39.9 Å². The summed E-state index contributed by atoms with van der Waals surface area (Å²) in [7, 11) is 1.31. The first-order chi connectivity index (χ1) is 30.0. The highest BCUT2D eigenvalue weighted by Crippen LogP contribution is 2.38. The zero-order valence-corrected chi connectivity index (χ0v) is 43.0. The molecule has 370 valence electrons. The molecule has 62 heavy (non-hydrogen) atoms. The van der Waals surface area contributed by atoms with Gasteiger partial charge in [0.2, 0.25) is 5.91 Å². The molecule has 0 saturated heterocycles. The molecule has 3 atom stereocenters. The summed E-state index contributed by atoms with van der Waals surface area (Å²) < 4.78 is 23.1. The van der Waals surface area contributed by atoms with Gasteiger partial charge in [-0.3, -0.25) is 9.36 Å². The van der Waals surface area contributed by atoms with Crippen molar-refractivity contribution >= 4 is 13.7 Å². The maximum Gasteiger partial charge on any atom is 0.268 e. The molecule has 3 unspecified atom stereocenters. The molecular weight excluding hydrogens is 792 g/mol. The summed E-state index contributed by atoms with van der Waals surface area (Å²) in [4.78, 5) is 25.2. The van der Waals surface area contributed by atoms with Crippen molar-refractivity contribution in [1.29, 1.82) is 0 Å². The Bertz CT molecular complexity index is 1020. The van der Waals surface area contributed by atoms with Crippen LogP contribution in [0.1, 0.15) is 271 Å². The fourth-order valence-electron chi connectivity index (χ4n) is 8.21. The number of nitrogens with zero attached hydrogens (tertiary/aromatic N) is 1. The maximum atomic E-state index is 12.8. The van der Waals surface area contributed by atoms with Gasteiger partial charge in [-0.05, 0) is 38.5 Å². The lowest BCUT2D eigenvalue weighted by Gasteiger charge is -2.30. The average molecular weight is 899 g/mol. The highest BCUT2D eigenvalue weighted by atomic mass is 31.2. The lowest BCUT2D eigenvalue weighted by molar-refractivity contribution is -0.870. The molecule has 0 rings (SSSR count). The van der Waals surface area contributed by atoms with E-state index in [1.807, 2.05) is 21.1 Å². The number of likely N-dealkylation sites (N-methyl/N-ethyl adjacent to an activating group) is 1. The van der Waals surface area contributed by atoms with Gasteiger partial charge >= 0.3 is 0 Å². The molecular formula is C53H107N2O6P. The standard InChI is InChI=1S/C53H107N2O6P/c1-6-8-10-12-13-14-15-16-17-18-19-20-21-22-23-24-25-26-27-28-29-30-31-32-33-34-35-36-37-38-39-40-41-43-45-47-53(57)54-51(52(56)46-44-42-11-9-7-2)50-61-62(58,59)60-49-48-55(3,4)5/h18-19,51-52,56H,6-17,20-50H2,1-5H3,(H-,54,57,58,59)/b19-18-. The fourth-order valence-corrected chi connectivity index (χ4v) is 8.94. The van der Waals surface area contributed by atoms with Crippen LogP contribution in [0.15, 0.2) is 12.2 Å². The van der Waals surface area contributed by atoms with Crippen molar-refractivity contribution in [3.8, 4) is 0 Å². The number of aliphatic hydroxyl groups is 1. The predicted octanol–water partition coefficient (Wildman–Crippen LogP) is 15.2. The molecule has 0 spiro atoms. The SMILES string of the molecule is CCCCCCCCCC/C=C\CCCCCCCCCCCCCCCCCCCCCCCCCC(=O)NC(COP(=O)([O-])OCC[N+](C)(C)C)C(O)CCCCCCC. The quantitative estimate of drug-likeness (QED) is 0.0272. The van der Waals surface area contributed by atoms with Gasteiger partial charge in [-0.2, -0.15) is 0 Å². The second-order valence-corrected chi connectivity index (χ2v) is 21.4. The number of allylic oxidation sites excluding steroid dienone is 2. The third-order valence-electron chi connectivity index (χ3n) is 12.5. The van der Waals surface area contributed by atoms with Crippen LogP contribution in [0, 0.1) is 0 Å². The van der Waals surface area contributed by atoms with Crippen LogP contribution < -0.4 is 10.2 Å². The van der Waals surface area contributed by atoms with Crippen molar-refractivity contribution in [1.82, 2.24) is 5.32 Å². The van der Waals surface area contributed by atoms with Crippen LogP contribution in [0.25, 0.3) is 0 Å². The summed E-state index contributed by atoms with van der Waals surface area (Å²) in [5.74, 6) is -0.167. The van der Waals surface area contributed by atoms with Crippen LogP contribution in [0.5, 0.6) is 0 Å². The molecule has 0 radical (unpaired) electrons. The largest absolute Gasteiger partial charge is 0.756 e. The van der Waals surface area contributed by atoms with E-state index >= 15 is 0 Å². The molecule has 0 fully saturated rings. The summed E-state index contributed by atoms with van der Waals surface area (Å²) in [6.07, 6.45) is 54.6. The Balaban J connectivity index is 3.70. The normalized spacial score (nSPS) is 14.1. The number of unbranched alkanes of at least 4 members (excludes halogenated alkanes) is 35. The van der Waals surface area contributed by atoms with Gasteiger partial charge in [-0.25, -0.2) is 0 Å². The summed E-state index contributed by atoms with van der Waals surface area (Å²) in [5.41, 5.74) is 0. The third kappa shape index (κ3) is 47.2. The average Bonchev–Trinajstić information content (AvgIpc) is 3.23. The zero-order valence-electron chi connectivity index (χ0n) is 42.1. The highest BCUT2D eigenvalue weighted by Gasteiger charge is 2.24. The number of quaternary nitrogens is 1. The summed E-state index contributed by atoms with van der Waals surface area (Å²) in [6.45, 7) is 4.65. The first kappa shape index (κ1) is 61.2. The van der Waals surface area contributed by atoms with Crippen molar-refractivity contribution in [2.75, 3.05) is 40.9 Å². The first-order valence-electron chi connectivity index (χ1n) is 27.0. The number of carbonyl (C=O) groups is 1. The van der Waals surface area contributed by atoms with Crippen molar-refractivity contribution in [2.24, 2.45) is 0 Å². The Morgan fingerprint density at radius 1 is 0.548 bits per heavy atom. The highest BCUT2D eigenvalue weighted by molar-refractivity contribution is 7.45. The molecule has 2 N–H and O–H groups in total. The van der Waals surface area contributed by atoms with Crippen LogP contribution >= 0.6 is 7.82 Å². The number of hydrogen-bond acceptors (Lipinski definition) is 6. The third-order valence-corrected chi connectivity index (χ3v) is 13.5. The molecule has 8 nitrogen and oxygen atoms in total. The second-order valence-electron chi connectivity index (χ2n) is 19.9. The van der Waals surface area contributed by atoms with Crippen molar-refractivity contribution < 1.29 is 32.9 Å². The minimum atomic E-state index is -4.55. The summed E-state index contributed by atoms with van der Waals surface area (Å²) in [5, 5.41) is 13.7. The minimum Gasteiger partial charge on any atom is -0.756 e. The van der Waals surface area contributed by atoms with Gasteiger partial charge in [0, 0.05) is 6.42 Å². The molecule has 1 amide bonds. The molecule has 0 aromatic carbocycles. The molecule has 9 heteroatoms. The molecule has 0 aromatic heterocycles. The van der Waals surface area contributed by atoms with E-state index < -0.39 is 20.0 Å². The van der Waals surface area contributed by atoms with Crippen LogP contribution in [-0.4, -0.2) is 68.5 Å². The monoisotopic (exact) mass is 899 g/mol. The smallest absolute Gasteiger partial charge is 0.268 e. The van der Waals surface area contributed by atoms with E-state index in [9.17, 15) is 19.4 Å². The van der Waals surface area contributed by atoms with Crippen molar-refractivity contribution in [2.45, 2.75) is 283 Å². The van der Waals surface area contributed by atoms with Gasteiger partial charge < -0.3 is 28.8 Å². The van der Waals surface area contributed by atoms with Crippen LogP contribution in [0.3, 0.4) is 0 Å². The molecule has 0 aliphatic heterocycles. The van der Waals surface area contributed by atoms with Gasteiger partial charge in [0.25, 0.3) is 7.82 Å². The number of phosphoric ester groups is 1. The van der Waals surface area contributed by atoms with E-state index in [4.69, 9.17) is 9.05 Å². The summed E-state index contributed by atoms with van der Waals surface area (Å²) >= 11 is 0. The summed E-state index contributed by atoms with van der Waals surface area (Å²) in [6, 6.07) is -0.792. The van der Waals surface area contributed by atoms with Gasteiger partial charge in [-0.1, -0.05) is 238 Å². The number of aliphatic hydroxyl groups excluding tert-OH is 1. The molecule has 0 heterocycles. The lowest BCUT2D eigenvalue weighted by Crippen LogP contribution is -2.46. The Labute approximate surface area is 386 Å². The molecule has 0 bridgehead atoms. The molecule has 0 aliphatic rings. The maximum absolute atomic E-state index is 12.8. The van der Waals surface area contributed by atoms with Crippen molar-refractivity contribution in [3.05, 3.63) is 12.2 Å². The number of carbonyl (C=O) groups excluding carboxylic acids is 1. The van der Waals surface area contributed by atoms with E-state index in [2.05, 4.69) is 31.3 Å². The number of nitrogens with one attached hydrogen (secondary N) is 1. The van der Waals surface area contributed by atoms with E-state index in [0.29, 0.717) is 23.9 Å². The van der Waals surface area contributed by atoms with E-state index in [0.717, 1.165) is 51.4 Å². The molecule has 0 aliphatic carbocycles. The Kier molecular flexibility index (Phi) is 44.8. The lowest BCUT2D eigenvalue weighted by atomic mass is 10.0.